The number of hydrogen-bond donors (Lipinski definition) is 1. The van der Waals surface area contributed by atoms with E-state index in [1.54, 1.807) is 18.0 Å². The Kier molecular flexibility index (Phi) is 6.12. The molecule has 1 N–H and O–H groups in total. The van der Waals surface area contributed by atoms with E-state index in [1.807, 2.05) is 54.1 Å². The largest absolute Gasteiger partial charge is 0.351 e. The van der Waals surface area contributed by atoms with Crippen LogP contribution in [-0.2, 0) is 17.1 Å². The standard InChI is InChI=1S/C21H23N3OS/c1-16-7-3-4-9-19(16)14-26-15-21(25)23-13-18-8-5-6-10-20(18)24-12-11-22-17(24)2/h3-12H,13-15H2,1-2H3,(H,23,25). The molecule has 3 aromatic rings. The number of nitrogens with one attached hydrogen (secondary N) is 1. The van der Waals surface area contributed by atoms with Crippen molar-refractivity contribution in [3.8, 4) is 5.69 Å². The summed E-state index contributed by atoms with van der Waals surface area (Å²) in [5, 5.41) is 3.03. The molecule has 0 saturated carbocycles. The molecule has 0 aliphatic carbocycles. The van der Waals surface area contributed by atoms with E-state index in [9.17, 15) is 4.79 Å². The van der Waals surface area contributed by atoms with E-state index in [0.29, 0.717) is 12.3 Å². The first kappa shape index (κ1) is 18.3. The molecule has 3 rings (SSSR count). The average Bonchev–Trinajstić information content (AvgIpc) is 3.07. The number of imidazole rings is 1. The molecule has 0 spiro atoms. The summed E-state index contributed by atoms with van der Waals surface area (Å²) in [5.74, 6) is 2.30. The summed E-state index contributed by atoms with van der Waals surface area (Å²) in [5.41, 5.74) is 4.68. The van der Waals surface area contributed by atoms with Gasteiger partial charge in [0.05, 0.1) is 11.4 Å². The lowest BCUT2D eigenvalue weighted by Crippen LogP contribution is -2.25. The third-order valence-electron chi connectivity index (χ3n) is 4.30. The van der Waals surface area contributed by atoms with Crippen LogP contribution in [-0.4, -0.2) is 21.2 Å². The molecule has 0 radical (unpaired) electrons. The van der Waals surface area contributed by atoms with Crippen molar-refractivity contribution in [3.63, 3.8) is 0 Å². The van der Waals surface area contributed by atoms with Crippen molar-refractivity contribution in [2.24, 2.45) is 0 Å². The molecule has 0 aliphatic rings. The number of aryl methyl sites for hydroxylation is 2. The van der Waals surface area contributed by atoms with Gasteiger partial charge < -0.3 is 9.88 Å². The topological polar surface area (TPSA) is 46.9 Å². The van der Waals surface area contributed by atoms with Crippen molar-refractivity contribution in [2.75, 3.05) is 5.75 Å². The summed E-state index contributed by atoms with van der Waals surface area (Å²) in [6, 6.07) is 16.4. The van der Waals surface area contributed by atoms with Crippen molar-refractivity contribution in [1.29, 1.82) is 0 Å². The van der Waals surface area contributed by atoms with Gasteiger partial charge >= 0.3 is 0 Å². The van der Waals surface area contributed by atoms with Crippen molar-refractivity contribution < 1.29 is 4.79 Å². The summed E-state index contributed by atoms with van der Waals surface area (Å²) in [6.45, 7) is 4.58. The normalized spacial score (nSPS) is 10.7. The van der Waals surface area contributed by atoms with Crippen LogP contribution in [0.5, 0.6) is 0 Å². The monoisotopic (exact) mass is 365 g/mol. The second-order valence-electron chi connectivity index (χ2n) is 6.17. The fourth-order valence-corrected chi connectivity index (χ4v) is 3.73. The van der Waals surface area contributed by atoms with Crippen LogP contribution < -0.4 is 5.32 Å². The number of hydrogen-bond acceptors (Lipinski definition) is 3. The molecule has 26 heavy (non-hydrogen) atoms. The number of rotatable bonds is 7. The smallest absolute Gasteiger partial charge is 0.230 e. The number of aromatic nitrogens is 2. The van der Waals surface area contributed by atoms with Crippen molar-refractivity contribution in [1.82, 2.24) is 14.9 Å². The van der Waals surface area contributed by atoms with Gasteiger partial charge in [0.25, 0.3) is 0 Å². The summed E-state index contributed by atoms with van der Waals surface area (Å²) in [6.07, 6.45) is 3.72. The average molecular weight is 366 g/mol. The van der Waals surface area contributed by atoms with E-state index in [-0.39, 0.29) is 5.91 Å². The van der Waals surface area contributed by atoms with Gasteiger partial charge in [-0.25, -0.2) is 4.98 Å². The number of benzene rings is 2. The molecule has 0 saturated heterocycles. The molecular weight excluding hydrogens is 342 g/mol. The predicted molar refractivity (Wildman–Crippen MR) is 107 cm³/mol. The minimum absolute atomic E-state index is 0.0562. The van der Waals surface area contributed by atoms with E-state index in [0.717, 1.165) is 22.8 Å². The molecule has 0 aliphatic heterocycles. The van der Waals surface area contributed by atoms with Crippen LogP contribution in [0.4, 0.5) is 0 Å². The number of nitrogens with zero attached hydrogens (tertiary/aromatic N) is 2. The summed E-state index contributed by atoms with van der Waals surface area (Å²) in [4.78, 5) is 16.5. The predicted octanol–water partition coefficient (Wildman–Crippen LogP) is 4.04. The number of para-hydroxylation sites is 1. The lowest BCUT2D eigenvalue weighted by Gasteiger charge is -2.12. The van der Waals surface area contributed by atoms with E-state index in [4.69, 9.17) is 0 Å². The molecule has 0 atom stereocenters. The Morgan fingerprint density at radius 2 is 1.81 bits per heavy atom. The maximum absolute atomic E-state index is 12.2. The van der Waals surface area contributed by atoms with Gasteiger partial charge in [0.1, 0.15) is 5.82 Å². The first-order valence-corrected chi connectivity index (χ1v) is 9.78. The van der Waals surface area contributed by atoms with Crippen molar-refractivity contribution in [2.45, 2.75) is 26.1 Å². The Labute approximate surface area is 158 Å². The molecule has 1 amide bonds. The molecule has 134 valence electrons. The summed E-state index contributed by atoms with van der Waals surface area (Å²) >= 11 is 1.64. The second kappa shape index (κ2) is 8.72. The number of carbonyl (C=O) groups is 1. The highest BCUT2D eigenvalue weighted by Gasteiger charge is 2.08. The van der Waals surface area contributed by atoms with Crippen molar-refractivity contribution in [3.05, 3.63) is 83.4 Å². The lowest BCUT2D eigenvalue weighted by molar-refractivity contribution is -0.118. The van der Waals surface area contributed by atoms with Gasteiger partial charge in [0.2, 0.25) is 5.91 Å². The van der Waals surface area contributed by atoms with E-state index in [2.05, 4.69) is 29.4 Å². The van der Waals surface area contributed by atoms with Crippen LogP contribution in [0.3, 0.4) is 0 Å². The highest BCUT2D eigenvalue weighted by molar-refractivity contribution is 7.99. The van der Waals surface area contributed by atoms with E-state index >= 15 is 0 Å². The van der Waals surface area contributed by atoms with Gasteiger partial charge in [-0.2, -0.15) is 0 Å². The molecular formula is C21H23N3OS. The van der Waals surface area contributed by atoms with Gasteiger partial charge in [-0.15, -0.1) is 11.8 Å². The van der Waals surface area contributed by atoms with Crippen LogP contribution >= 0.6 is 11.8 Å². The van der Waals surface area contributed by atoms with Crippen LogP contribution in [0.25, 0.3) is 5.69 Å². The first-order chi connectivity index (χ1) is 12.6. The lowest BCUT2D eigenvalue weighted by atomic mass is 10.1. The maximum Gasteiger partial charge on any atom is 0.230 e. The third-order valence-corrected chi connectivity index (χ3v) is 5.29. The van der Waals surface area contributed by atoms with Gasteiger partial charge in [-0.3, -0.25) is 4.79 Å². The Hall–Kier alpha value is -2.53. The van der Waals surface area contributed by atoms with Gasteiger partial charge in [-0.05, 0) is 36.6 Å². The first-order valence-electron chi connectivity index (χ1n) is 8.62. The van der Waals surface area contributed by atoms with E-state index < -0.39 is 0 Å². The Morgan fingerprint density at radius 1 is 1.08 bits per heavy atom. The van der Waals surface area contributed by atoms with Crippen molar-refractivity contribution >= 4 is 17.7 Å². The van der Waals surface area contributed by atoms with Crippen LogP contribution in [0, 0.1) is 13.8 Å². The maximum atomic E-state index is 12.2. The van der Waals surface area contributed by atoms with E-state index in [1.165, 1.54) is 11.1 Å². The fraction of sp³-hybridized carbons (Fsp3) is 0.238. The Bertz CT molecular complexity index is 888. The third kappa shape index (κ3) is 4.55. The second-order valence-corrected chi connectivity index (χ2v) is 7.15. The minimum atomic E-state index is 0.0562. The molecule has 4 nitrogen and oxygen atoms in total. The highest BCUT2D eigenvalue weighted by Crippen LogP contribution is 2.17. The fourth-order valence-electron chi connectivity index (χ4n) is 2.80. The Morgan fingerprint density at radius 3 is 2.54 bits per heavy atom. The quantitative estimate of drug-likeness (QED) is 0.687. The molecule has 1 aromatic heterocycles. The molecule has 0 fully saturated rings. The highest BCUT2D eigenvalue weighted by atomic mass is 32.2. The van der Waals surface area contributed by atoms with Crippen LogP contribution in [0.15, 0.2) is 60.9 Å². The minimum Gasteiger partial charge on any atom is -0.351 e. The van der Waals surface area contributed by atoms with Gasteiger partial charge in [-0.1, -0.05) is 42.5 Å². The summed E-state index contributed by atoms with van der Waals surface area (Å²) < 4.78 is 2.04. The molecule has 0 bridgehead atoms. The molecule has 1 heterocycles. The number of thioether (sulfide) groups is 1. The van der Waals surface area contributed by atoms with Crippen LogP contribution in [0.1, 0.15) is 22.5 Å². The zero-order valence-corrected chi connectivity index (χ0v) is 15.9. The molecule has 0 unspecified atom stereocenters. The molecule has 5 heteroatoms. The molecule has 2 aromatic carbocycles. The Balaban J connectivity index is 1.54. The van der Waals surface area contributed by atoms with Gasteiger partial charge in [0, 0.05) is 24.7 Å². The number of carbonyl (C=O) groups excluding carboxylic acids is 1. The van der Waals surface area contributed by atoms with Crippen LogP contribution in [0.2, 0.25) is 0 Å². The summed E-state index contributed by atoms with van der Waals surface area (Å²) in [7, 11) is 0. The SMILES string of the molecule is Cc1ccccc1CSCC(=O)NCc1ccccc1-n1ccnc1C. The van der Waals surface area contributed by atoms with Gasteiger partial charge in [0.15, 0.2) is 0 Å². The zero-order chi connectivity index (χ0) is 18.4. The zero-order valence-electron chi connectivity index (χ0n) is 15.1. The number of amides is 1.